The van der Waals surface area contributed by atoms with Crippen molar-refractivity contribution in [3.8, 4) is 0 Å². The average molecular weight is 282 g/mol. The van der Waals surface area contributed by atoms with Gasteiger partial charge in [-0.1, -0.05) is 6.92 Å². The zero-order valence-corrected chi connectivity index (χ0v) is 13.1. The van der Waals surface area contributed by atoms with Gasteiger partial charge in [0.1, 0.15) is 0 Å². The first-order valence-electron chi connectivity index (χ1n) is 8.19. The number of methoxy groups -OCH3 is 1. The number of carbonyl (C=O) groups is 1. The highest BCUT2D eigenvalue weighted by Crippen LogP contribution is 2.22. The predicted molar refractivity (Wildman–Crippen MR) is 80.6 cm³/mol. The first kappa shape index (κ1) is 15.8. The molecule has 0 saturated carbocycles. The van der Waals surface area contributed by atoms with Crippen LogP contribution in [0.5, 0.6) is 0 Å². The summed E-state index contributed by atoms with van der Waals surface area (Å²) in [5.74, 6) is 1.69. The maximum Gasteiger partial charge on any atom is 0.306 e. The van der Waals surface area contributed by atoms with Gasteiger partial charge in [0.25, 0.3) is 0 Å². The Bertz CT molecular complexity index is 293. The molecule has 4 heteroatoms. The van der Waals surface area contributed by atoms with E-state index >= 15 is 0 Å². The van der Waals surface area contributed by atoms with Gasteiger partial charge in [-0.2, -0.15) is 0 Å². The van der Waals surface area contributed by atoms with Crippen LogP contribution in [-0.2, 0) is 9.53 Å². The standard InChI is InChI=1S/C16H30N2O2/c1-14-3-8-18(9-4-14)13-15-5-10-17(11-6-15)12-7-16(19)20-2/h14-15H,3-13H2,1-2H3. The second kappa shape index (κ2) is 7.99. The Morgan fingerprint density at radius 1 is 1.05 bits per heavy atom. The summed E-state index contributed by atoms with van der Waals surface area (Å²) >= 11 is 0. The van der Waals surface area contributed by atoms with E-state index in [0.29, 0.717) is 6.42 Å². The van der Waals surface area contributed by atoms with Crippen LogP contribution in [0.15, 0.2) is 0 Å². The van der Waals surface area contributed by atoms with Crippen LogP contribution in [0, 0.1) is 11.8 Å². The minimum atomic E-state index is -0.0884. The van der Waals surface area contributed by atoms with E-state index in [4.69, 9.17) is 4.74 Å². The second-order valence-electron chi connectivity index (χ2n) is 6.59. The van der Waals surface area contributed by atoms with Crippen LogP contribution in [0.2, 0.25) is 0 Å². The molecule has 2 fully saturated rings. The molecule has 0 aromatic carbocycles. The molecule has 0 atom stereocenters. The van der Waals surface area contributed by atoms with Gasteiger partial charge in [-0.05, 0) is 63.7 Å². The van der Waals surface area contributed by atoms with E-state index in [9.17, 15) is 4.79 Å². The lowest BCUT2D eigenvalue weighted by atomic mass is 9.93. The van der Waals surface area contributed by atoms with Gasteiger partial charge in [0.05, 0.1) is 13.5 Å². The molecule has 0 N–H and O–H groups in total. The Balaban J connectivity index is 1.60. The first-order valence-corrected chi connectivity index (χ1v) is 8.19. The molecule has 2 heterocycles. The summed E-state index contributed by atoms with van der Waals surface area (Å²) in [6.45, 7) is 9.40. The zero-order valence-electron chi connectivity index (χ0n) is 13.1. The van der Waals surface area contributed by atoms with Crippen LogP contribution >= 0.6 is 0 Å². The molecule has 0 spiro atoms. The number of piperidine rings is 2. The van der Waals surface area contributed by atoms with E-state index in [1.54, 1.807) is 0 Å². The molecule has 0 unspecified atom stereocenters. The normalized spacial score (nSPS) is 23.9. The highest BCUT2D eigenvalue weighted by atomic mass is 16.5. The van der Waals surface area contributed by atoms with E-state index in [2.05, 4.69) is 16.7 Å². The third-order valence-corrected chi connectivity index (χ3v) is 4.96. The summed E-state index contributed by atoms with van der Waals surface area (Å²) in [6.07, 6.45) is 5.85. The fraction of sp³-hybridized carbons (Fsp3) is 0.938. The third kappa shape index (κ3) is 5.06. The van der Waals surface area contributed by atoms with Crippen LogP contribution in [0.4, 0.5) is 0 Å². The molecule has 0 aromatic rings. The van der Waals surface area contributed by atoms with Crippen molar-refractivity contribution in [2.75, 3.05) is 46.4 Å². The number of likely N-dealkylation sites (tertiary alicyclic amines) is 2. The van der Waals surface area contributed by atoms with Crippen LogP contribution in [0.1, 0.15) is 39.0 Å². The Morgan fingerprint density at radius 2 is 1.65 bits per heavy atom. The molecule has 2 aliphatic rings. The van der Waals surface area contributed by atoms with Gasteiger partial charge >= 0.3 is 5.97 Å². The highest BCUT2D eigenvalue weighted by Gasteiger charge is 2.23. The molecule has 2 aliphatic heterocycles. The second-order valence-corrected chi connectivity index (χ2v) is 6.59. The highest BCUT2D eigenvalue weighted by molar-refractivity contribution is 5.69. The van der Waals surface area contributed by atoms with E-state index in [1.165, 1.54) is 52.4 Å². The third-order valence-electron chi connectivity index (χ3n) is 4.96. The Hall–Kier alpha value is -0.610. The lowest BCUT2D eigenvalue weighted by molar-refractivity contribution is -0.141. The maximum atomic E-state index is 11.2. The maximum absolute atomic E-state index is 11.2. The molecule has 0 amide bonds. The largest absolute Gasteiger partial charge is 0.469 e. The SMILES string of the molecule is COC(=O)CCN1CCC(CN2CCC(C)CC2)CC1. The summed E-state index contributed by atoms with van der Waals surface area (Å²) in [5, 5.41) is 0. The molecule has 2 saturated heterocycles. The lowest BCUT2D eigenvalue weighted by Gasteiger charge is -2.37. The van der Waals surface area contributed by atoms with E-state index in [-0.39, 0.29) is 5.97 Å². The van der Waals surface area contributed by atoms with E-state index in [1.807, 2.05) is 0 Å². The van der Waals surface area contributed by atoms with Gasteiger partial charge in [0.15, 0.2) is 0 Å². The molecule has 0 bridgehead atoms. The minimum Gasteiger partial charge on any atom is -0.469 e. The van der Waals surface area contributed by atoms with Crippen LogP contribution in [-0.4, -0.2) is 62.1 Å². The van der Waals surface area contributed by atoms with Crippen molar-refractivity contribution in [2.24, 2.45) is 11.8 Å². The summed E-state index contributed by atoms with van der Waals surface area (Å²) in [7, 11) is 1.47. The van der Waals surface area contributed by atoms with Crippen LogP contribution in [0.3, 0.4) is 0 Å². The molecular formula is C16H30N2O2. The molecule has 4 nitrogen and oxygen atoms in total. The molecular weight excluding hydrogens is 252 g/mol. The average Bonchev–Trinajstić information content (AvgIpc) is 2.48. The molecule has 2 rings (SSSR count). The zero-order chi connectivity index (χ0) is 14.4. The number of carbonyl (C=O) groups excluding carboxylic acids is 1. The lowest BCUT2D eigenvalue weighted by Crippen LogP contribution is -2.41. The van der Waals surface area contributed by atoms with E-state index < -0.39 is 0 Å². The fourth-order valence-corrected chi connectivity index (χ4v) is 3.35. The monoisotopic (exact) mass is 282 g/mol. The van der Waals surface area contributed by atoms with Gasteiger partial charge in [0, 0.05) is 13.1 Å². The Labute approximate surface area is 123 Å². The number of hydrogen-bond acceptors (Lipinski definition) is 4. The number of rotatable bonds is 5. The van der Waals surface area contributed by atoms with Crippen LogP contribution < -0.4 is 0 Å². The van der Waals surface area contributed by atoms with Crippen LogP contribution in [0.25, 0.3) is 0 Å². The topological polar surface area (TPSA) is 32.8 Å². The van der Waals surface area contributed by atoms with Crippen molar-refractivity contribution in [2.45, 2.75) is 39.0 Å². The first-order chi connectivity index (χ1) is 9.67. The van der Waals surface area contributed by atoms with E-state index in [0.717, 1.165) is 31.5 Å². The van der Waals surface area contributed by atoms with Gasteiger partial charge in [-0.25, -0.2) is 0 Å². The number of ether oxygens (including phenoxy) is 1. The minimum absolute atomic E-state index is 0.0884. The van der Waals surface area contributed by atoms with Gasteiger partial charge in [-0.15, -0.1) is 0 Å². The van der Waals surface area contributed by atoms with Crippen molar-refractivity contribution in [1.29, 1.82) is 0 Å². The summed E-state index contributed by atoms with van der Waals surface area (Å²) in [6, 6.07) is 0. The summed E-state index contributed by atoms with van der Waals surface area (Å²) in [5.41, 5.74) is 0. The van der Waals surface area contributed by atoms with Crippen molar-refractivity contribution in [3.05, 3.63) is 0 Å². The Morgan fingerprint density at radius 3 is 2.25 bits per heavy atom. The number of esters is 1. The molecule has 0 aromatic heterocycles. The smallest absolute Gasteiger partial charge is 0.306 e. The molecule has 0 aliphatic carbocycles. The van der Waals surface area contributed by atoms with Crippen molar-refractivity contribution >= 4 is 5.97 Å². The van der Waals surface area contributed by atoms with Gasteiger partial charge in [0.2, 0.25) is 0 Å². The predicted octanol–water partition coefficient (Wildman–Crippen LogP) is 1.99. The summed E-state index contributed by atoms with van der Waals surface area (Å²) < 4.78 is 4.70. The Kier molecular flexibility index (Phi) is 6.30. The summed E-state index contributed by atoms with van der Waals surface area (Å²) in [4.78, 5) is 16.2. The fourth-order valence-electron chi connectivity index (χ4n) is 3.35. The molecule has 20 heavy (non-hydrogen) atoms. The molecule has 0 radical (unpaired) electrons. The van der Waals surface area contributed by atoms with Crippen molar-refractivity contribution in [1.82, 2.24) is 9.80 Å². The number of nitrogens with zero attached hydrogens (tertiary/aromatic N) is 2. The van der Waals surface area contributed by atoms with Gasteiger partial charge < -0.3 is 14.5 Å². The van der Waals surface area contributed by atoms with Crippen molar-refractivity contribution < 1.29 is 9.53 Å². The molecule has 116 valence electrons. The number of hydrogen-bond donors (Lipinski definition) is 0. The van der Waals surface area contributed by atoms with Gasteiger partial charge in [-0.3, -0.25) is 4.79 Å². The van der Waals surface area contributed by atoms with Crippen molar-refractivity contribution in [3.63, 3.8) is 0 Å². The quantitative estimate of drug-likeness (QED) is 0.722.